The van der Waals surface area contributed by atoms with E-state index in [1.165, 1.54) is 16.7 Å². The third-order valence-corrected chi connectivity index (χ3v) is 7.23. The van der Waals surface area contributed by atoms with Gasteiger partial charge in [-0.25, -0.2) is 18.1 Å². The standard InChI is InChI=1S/C31H33N5O5S/c1-5-6-10-21-11-7-8-12-25(21)30(38)34-26-14-9-13-24(20(26)2)27-19-36(3)31(39)28(33-27)32-23-17-15-22(16-18-23)29(37)35-42(4,40)41/h7-9,11-19H,5-6,10H2,1-4H3,(H,32,33)(H,34,38)(H,35,37). The number of hydrogen-bond acceptors (Lipinski definition) is 7. The van der Waals surface area contributed by atoms with Crippen LogP contribution < -0.4 is 20.9 Å². The minimum atomic E-state index is -3.70. The van der Waals surface area contributed by atoms with E-state index in [0.717, 1.165) is 42.2 Å². The highest BCUT2D eigenvalue weighted by atomic mass is 32.2. The van der Waals surface area contributed by atoms with Gasteiger partial charge >= 0.3 is 0 Å². The lowest BCUT2D eigenvalue weighted by Crippen LogP contribution is -2.29. The Kier molecular flexibility index (Phi) is 9.21. The monoisotopic (exact) mass is 587 g/mol. The lowest BCUT2D eigenvalue weighted by atomic mass is 10.0. The summed E-state index contributed by atoms with van der Waals surface area (Å²) in [7, 11) is -2.08. The molecule has 0 saturated carbocycles. The van der Waals surface area contributed by atoms with Crippen molar-refractivity contribution < 1.29 is 18.0 Å². The normalized spacial score (nSPS) is 11.1. The predicted octanol–water partition coefficient (Wildman–Crippen LogP) is 4.78. The molecule has 0 aliphatic carbocycles. The second-order valence-corrected chi connectivity index (χ2v) is 11.7. The zero-order valence-corrected chi connectivity index (χ0v) is 24.7. The van der Waals surface area contributed by atoms with Crippen molar-refractivity contribution in [2.24, 2.45) is 7.05 Å². The molecule has 0 saturated heterocycles. The van der Waals surface area contributed by atoms with Crippen molar-refractivity contribution in [2.75, 3.05) is 16.9 Å². The van der Waals surface area contributed by atoms with E-state index < -0.39 is 15.9 Å². The summed E-state index contributed by atoms with van der Waals surface area (Å²) in [6.07, 6.45) is 5.38. The van der Waals surface area contributed by atoms with Crippen molar-refractivity contribution in [2.45, 2.75) is 33.1 Å². The Morgan fingerprint density at radius 1 is 0.952 bits per heavy atom. The largest absolute Gasteiger partial charge is 0.336 e. The van der Waals surface area contributed by atoms with Crippen molar-refractivity contribution in [3.63, 3.8) is 0 Å². The van der Waals surface area contributed by atoms with Gasteiger partial charge in [-0.3, -0.25) is 14.4 Å². The van der Waals surface area contributed by atoms with Crippen LogP contribution in [0, 0.1) is 6.92 Å². The lowest BCUT2D eigenvalue weighted by molar-refractivity contribution is 0.0980. The van der Waals surface area contributed by atoms with Crippen molar-refractivity contribution in [3.8, 4) is 11.3 Å². The van der Waals surface area contributed by atoms with Crippen LogP contribution >= 0.6 is 0 Å². The van der Waals surface area contributed by atoms with Crippen LogP contribution in [0.15, 0.2) is 77.7 Å². The highest BCUT2D eigenvalue weighted by Crippen LogP contribution is 2.28. The number of anilines is 3. The zero-order chi connectivity index (χ0) is 30.4. The first-order valence-electron chi connectivity index (χ1n) is 13.4. The van der Waals surface area contributed by atoms with Gasteiger partial charge in [0.1, 0.15) is 0 Å². The van der Waals surface area contributed by atoms with Gasteiger partial charge in [-0.2, -0.15) is 0 Å². The molecule has 0 fully saturated rings. The summed E-state index contributed by atoms with van der Waals surface area (Å²) >= 11 is 0. The number of amides is 2. The fraction of sp³-hybridized carbons (Fsp3) is 0.226. The summed E-state index contributed by atoms with van der Waals surface area (Å²) in [5.74, 6) is -0.889. The molecule has 0 aliphatic heterocycles. The molecule has 42 heavy (non-hydrogen) atoms. The number of hydrogen-bond donors (Lipinski definition) is 3. The fourth-order valence-electron chi connectivity index (χ4n) is 4.45. The second-order valence-electron chi connectivity index (χ2n) is 9.99. The highest BCUT2D eigenvalue weighted by molar-refractivity contribution is 7.89. The van der Waals surface area contributed by atoms with Gasteiger partial charge in [0.05, 0.1) is 11.9 Å². The molecule has 2 amide bonds. The molecular formula is C31H33N5O5S. The molecule has 0 radical (unpaired) electrons. The average Bonchev–Trinajstić information content (AvgIpc) is 2.95. The van der Waals surface area contributed by atoms with Crippen LogP contribution in [0.25, 0.3) is 11.3 Å². The SMILES string of the molecule is CCCCc1ccccc1C(=O)Nc1cccc(-c2cn(C)c(=O)c(Nc3ccc(C(=O)NS(C)(=O)=O)cc3)n2)c1C. The quantitative estimate of drug-likeness (QED) is 0.243. The molecule has 0 atom stereocenters. The number of unbranched alkanes of at least 4 members (excludes halogenated alkanes) is 1. The summed E-state index contributed by atoms with van der Waals surface area (Å²) in [4.78, 5) is 42.8. The van der Waals surface area contributed by atoms with Crippen LogP contribution in [0.5, 0.6) is 0 Å². The predicted molar refractivity (Wildman–Crippen MR) is 165 cm³/mol. The van der Waals surface area contributed by atoms with Crippen LogP contribution in [0.1, 0.15) is 51.6 Å². The number of nitrogens with zero attached hydrogens (tertiary/aromatic N) is 2. The number of aromatic nitrogens is 2. The molecule has 0 bridgehead atoms. The van der Waals surface area contributed by atoms with E-state index >= 15 is 0 Å². The minimum absolute atomic E-state index is 0.0574. The van der Waals surface area contributed by atoms with Crippen LogP contribution in [0.3, 0.4) is 0 Å². The summed E-state index contributed by atoms with van der Waals surface area (Å²) in [5, 5.41) is 6.03. The van der Waals surface area contributed by atoms with Crippen LogP contribution in [-0.4, -0.2) is 36.0 Å². The first-order valence-corrected chi connectivity index (χ1v) is 15.3. The minimum Gasteiger partial charge on any atom is -0.336 e. The Morgan fingerprint density at radius 2 is 1.67 bits per heavy atom. The molecule has 0 aliphatic rings. The Balaban J connectivity index is 1.60. The van der Waals surface area contributed by atoms with Gasteiger partial charge in [0.15, 0.2) is 5.82 Å². The molecule has 4 rings (SSSR count). The Morgan fingerprint density at radius 3 is 2.36 bits per heavy atom. The number of carbonyl (C=O) groups excluding carboxylic acids is 2. The van der Waals surface area contributed by atoms with Crippen molar-refractivity contribution in [3.05, 3.63) is 106 Å². The molecule has 3 N–H and O–H groups in total. The maximum Gasteiger partial charge on any atom is 0.293 e. The molecule has 1 heterocycles. The molecular weight excluding hydrogens is 554 g/mol. The third kappa shape index (κ3) is 7.29. The molecule has 1 aromatic heterocycles. The number of sulfonamides is 1. The second kappa shape index (κ2) is 12.8. The zero-order valence-electron chi connectivity index (χ0n) is 23.9. The smallest absolute Gasteiger partial charge is 0.293 e. The number of rotatable bonds is 10. The van der Waals surface area contributed by atoms with Crippen molar-refractivity contribution in [1.29, 1.82) is 0 Å². The molecule has 10 nitrogen and oxygen atoms in total. The molecule has 4 aromatic rings. The Hall–Kier alpha value is -4.77. The Labute approximate surface area is 244 Å². The van der Waals surface area contributed by atoms with Crippen molar-refractivity contribution in [1.82, 2.24) is 14.3 Å². The van der Waals surface area contributed by atoms with Crippen molar-refractivity contribution >= 4 is 39.0 Å². The first kappa shape index (κ1) is 30.2. The summed E-state index contributed by atoms with van der Waals surface area (Å²) in [6.45, 7) is 4.00. The van der Waals surface area contributed by atoms with Gasteiger partial charge in [-0.1, -0.05) is 43.7 Å². The first-order chi connectivity index (χ1) is 20.0. The van der Waals surface area contributed by atoms with E-state index in [2.05, 4.69) is 22.5 Å². The maximum absolute atomic E-state index is 13.3. The van der Waals surface area contributed by atoms with E-state index in [-0.39, 0.29) is 22.8 Å². The summed E-state index contributed by atoms with van der Waals surface area (Å²) in [5.41, 5.74) is 4.57. The Bertz CT molecular complexity index is 1800. The number of carbonyl (C=O) groups is 2. The van der Waals surface area contributed by atoms with Crippen LogP contribution in [0.4, 0.5) is 17.2 Å². The van der Waals surface area contributed by atoms with Gasteiger partial charge in [-0.05, 0) is 67.3 Å². The van der Waals surface area contributed by atoms with E-state index in [1.54, 1.807) is 25.4 Å². The van der Waals surface area contributed by atoms with E-state index in [4.69, 9.17) is 0 Å². The van der Waals surface area contributed by atoms with E-state index in [0.29, 0.717) is 22.6 Å². The molecule has 3 aromatic carbocycles. The maximum atomic E-state index is 13.3. The van der Waals surface area contributed by atoms with Crippen LogP contribution in [-0.2, 0) is 23.5 Å². The number of nitrogens with one attached hydrogen (secondary N) is 3. The average molecular weight is 588 g/mol. The third-order valence-electron chi connectivity index (χ3n) is 6.68. The lowest BCUT2D eigenvalue weighted by Gasteiger charge is -2.15. The highest BCUT2D eigenvalue weighted by Gasteiger charge is 2.16. The van der Waals surface area contributed by atoms with Gasteiger partial charge in [0.25, 0.3) is 17.4 Å². The fourth-order valence-corrected chi connectivity index (χ4v) is 4.91. The van der Waals surface area contributed by atoms with Gasteiger partial charge in [-0.15, -0.1) is 0 Å². The summed E-state index contributed by atoms with van der Waals surface area (Å²) in [6, 6.07) is 19.1. The van der Waals surface area contributed by atoms with Gasteiger partial charge in [0, 0.05) is 41.3 Å². The topological polar surface area (TPSA) is 139 Å². The molecule has 11 heteroatoms. The molecule has 218 valence electrons. The molecule has 0 spiro atoms. The molecule has 0 unspecified atom stereocenters. The number of aryl methyl sites for hydroxylation is 2. The number of benzene rings is 3. The van der Waals surface area contributed by atoms with Crippen LogP contribution in [0.2, 0.25) is 0 Å². The van der Waals surface area contributed by atoms with E-state index in [1.807, 2.05) is 54.1 Å². The van der Waals surface area contributed by atoms with Gasteiger partial charge < -0.3 is 15.2 Å². The van der Waals surface area contributed by atoms with Gasteiger partial charge in [0.2, 0.25) is 10.0 Å². The van der Waals surface area contributed by atoms with E-state index in [9.17, 15) is 22.8 Å². The summed E-state index contributed by atoms with van der Waals surface area (Å²) < 4.78 is 26.0.